The van der Waals surface area contributed by atoms with Gasteiger partial charge in [-0.3, -0.25) is 9.80 Å². The molecule has 3 nitrogen and oxygen atoms in total. The summed E-state index contributed by atoms with van der Waals surface area (Å²) in [5.74, 6) is 0.286. The number of amides is 1. The van der Waals surface area contributed by atoms with E-state index in [4.69, 9.17) is 0 Å². The first-order chi connectivity index (χ1) is 5.29. The van der Waals surface area contributed by atoms with Gasteiger partial charge in [0.05, 0.1) is 0 Å². The average molecular weight is 156 g/mol. The molecule has 0 aliphatic carbocycles. The van der Waals surface area contributed by atoms with Gasteiger partial charge in [-0.15, -0.1) is 0 Å². The van der Waals surface area contributed by atoms with E-state index in [0.29, 0.717) is 0 Å². The molecule has 1 saturated heterocycles. The summed E-state index contributed by atoms with van der Waals surface area (Å²) in [5, 5.41) is 3.97. The number of carbonyl (C=O) groups is 1. The smallest absolute Gasteiger partial charge is 0.236 e. The van der Waals surface area contributed by atoms with E-state index in [1.54, 1.807) is 0 Å². The Balaban J connectivity index is 2.49. The van der Waals surface area contributed by atoms with Crippen LogP contribution in [0.2, 0.25) is 0 Å². The predicted octanol–water partition coefficient (Wildman–Crippen LogP) is 0.866. The maximum Gasteiger partial charge on any atom is 0.236 e. The zero-order valence-corrected chi connectivity index (χ0v) is 7.34. The highest BCUT2D eigenvalue weighted by molar-refractivity contribution is 5.77. The molecule has 3 heteroatoms. The summed E-state index contributed by atoms with van der Waals surface area (Å²) in [6.07, 6.45) is 1.76. The Hall–Kier alpha value is -0.570. The normalized spacial score (nSPS) is 18.5. The minimum absolute atomic E-state index is 0.286. The van der Waals surface area contributed by atoms with Crippen LogP contribution in [0.25, 0.3) is 0 Å². The number of hydrazine groups is 1. The molecule has 1 fully saturated rings. The molecule has 0 unspecified atom stereocenters. The monoisotopic (exact) mass is 156 g/mol. The molecule has 1 rings (SSSR count). The molecule has 11 heavy (non-hydrogen) atoms. The second-order valence-electron chi connectivity index (χ2n) is 2.76. The quantitative estimate of drug-likeness (QED) is 0.605. The van der Waals surface area contributed by atoms with Crippen LogP contribution in [-0.4, -0.2) is 35.6 Å². The highest BCUT2D eigenvalue weighted by Crippen LogP contribution is 2.11. The van der Waals surface area contributed by atoms with Gasteiger partial charge in [0, 0.05) is 26.1 Å². The lowest BCUT2D eigenvalue weighted by atomic mass is 10.4. The van der Waals surface area contributed by atoms with Crippen LogP contribution < -0.4 is 0 Å². The van der Waals surface area contributed by atoms with Crippen molar-refractivity contribution in [3.8, 4) is 0 Å². The fourth-order valence-corrected chi connectivity index (χ4v) is 1.50. The summed E-state index contributed by atoms with van der Waals surface area (Å²) in [6.45, 7) is 6.94. The van der Waals surface area contributed by atoms with Gasteiger partial charge in [-0.1, -0.05) is 13.8 Å². The van der Waals surface area contributed by atoms with E-state index >= 15 is 0 Å². The molecule has 1 aliphatic rings. The molecule has 0 N–H and O–H groups in total. The van der Waals surface area contributed by atoms with Gasteiger partial charge < -0.3 is 0 Å². The number of nitrogens with zero attached hydrogens (tertiary/aromatic N) is 2. The Kier molecular flexibility index (Phi) is 2.88. The first-order valence-electron chi connectivity index (χ1n) is 4.34. The van der Waals surface area contributed by atoms with Gasteiger partial charge in [0.15, 0.2) is 0 Å². The van der Waals surface area contributed by atoms with Crippen molar-refractivity contribution in [1.29, 1.82) is 0 Å². The molecule has 0 aromatic heterocycles. The van der Waals surface area contributed by atoms with Crippen molar-refractivity contribution in [3.05, 3.63) is 0 Å². The van der Waals surface area contributed by atoms with Crippen LogP contribution in [0.5, 0.6) is 0 Å². The molecule has 0 saturated carbocycles. The lowest BCUT2D eigenvalue weighted by molar-refractivity contribution is -0.142. The Morgan fingerprint density at radius 2 is 2.09 bits per heavy atom. The van der Waals surface area contributed by atoms with E-state index in [9.17, 15) is 4.79 Å². The van der Waals surface area contributed by atoms with Crippen molar-refractivity contribution in [2.45, 2.75) is 26.7 Å². The van der Waals surface area contributed by atoms with Crippen LogP contribution >= 0.6 is 0 Å². The molecule has 0 aromatic rings. The Labute approximate surface area is 67.9 Å². The Morgan fingerprint density at radius 3 is 2.45 bits per heavy atom. The maximum atomic E-state index is 11.2. The number of rotatable bonds is 3. The third-order valence-corrected chi connectivity index (χ3v) is 2.12. The highest BCUT2D eigenvalue weighted by Gasteiger charge is 2.23. The minimum atomic E-state index is 0.286. The van der Waals surface area contributed by atoms with Crippen molar-refractivity contribution in [3.63, 3.8) is 0 Å². The molecule has 1 aliphatic heterocycles. The molecule has 1 heterocycles. The van der Waals surface area contributed by atoms with Crippen molar-refractivity contribution in [1.82, 2.24) is 10.0 Å². The summed E-state index contributed by atoms with van der Waals surface area (Å²) >= 11 is 0. The highest BCUT2D eigenvalue weighted by atomic mass is 16.2. The maximum absolute atomic E-state index is 11.2. The van der Waals surface area contributed by atoms with Crippen molar-refractivity contribution in [2.75, 3.05) is 19.6 Å². The fourth-order valence-electron chi connectivity index (χ4n) is 1.50. The second-order valence-corrected chi connectivity index (χ2v) is 2.76. The summed E-state index contributed by atoms with van der Waals surface area (Å²) in [7, 11) is 0. The second kappa shape index (κ2) is 3.72. The molecular formula is C8H16N2O. The van der Waals surface area contributed by atoms with Gasteiger partial charge in [-0.05, 0) is 6.42 Å². The average Bonchev–Trinajstić information content (AvgIpc) is 2.40. The molecular weight excluding hydrogens is 140 g/mol. The first kappa shape index (κ1) is 8.53. The van der Waals surface area contributed by atoms with Gasteiger partial charge in [0.25, 0.3) is 0 Å². The van der Waals surface area contributed by atoms with Gasteiger partial charge in [-0.25, -0.2) is 5.01 Å². The SMILES string of the molecule is CCN(CC)N1CCCC1=O. The topological polar surface area (TPSA) is 23.6 Å². The van der Waals surface area contributed by atoms with Crippen molar-refractivity contribution in [2.24, 2.45) is 0 Å². The van der Waals surface area contributed by atoms with Crippen molar-refractivity contribution >= 4 is 5.91 Å². The number of carbonyl (C=O) groups excluding carboxylic acids is 1. The summed E-state index contributed by atoms with van der Waals surface area (Å²) in [5.41, 5.74) is 0. The fraction of sp³-hybridized carbons (Fsp3) is 0.875. The Bertz CT molecular complexity index is 143. The zero-order valence-electron chi connectivity index (χ0n) is 7.34. The lowest BCUT2D eigenvalue weighted by Crippen LogP contribution is -2.42. The van der Waals surface area contributed by atoms with Crippen LogP contribution in [0.15, 0.2) is 0 Å². The van der Waals surface area contributed by atoms with Crippen molar-refractivity contribution < 1.29 is 4.79 Å². The van der Waals surface area contributed by atoms with Gasteiger partial charge >= 0.3 is 0 Å². The minimum Gasteiger partial charge on any atom is -0.275 e. The van der Waals surface area contributed by atoms with Gasteiger partial charge in [0.2, 0.25) is 5.91 Å². The van der Waals surface area contributed by atoms with E-state index in [2.05, 4.69) is 18.9 Å². The Morgan fingerprint density at radius 1 is 1.45 bits per heavy atom. The molecule has 0 bridgehead atoms. The van der Waals surface area contributed by atoms with Gasteiger partial charge in [-0.2, -0.15) is 0 Å². The summed E-state index contributed by atoms with van der Waals surface area (Å²) < 4.78 is 0. The number of hydrogen-bond donors (Lipinski definition) is 0. The van der Waals surface area contributed by atoms with Crippen LogP contribution in [0, 0.1) is 0 Å². The number of hydrogen-bond acceptors (Lipinski definition) is 2. The largest absolute Gasteiger partial charge is 0.275 e. The summed E-state index contributed by atoms with van der Waals surface area (Å²) in [4.78, 5) is 11.2. The van der Waals surface area contributed by atoms with Crippen LogP contribution in [0.1, 0.15) is 26.7 Å². The standard InChI is InChI=1S/C8H16N2O/c1-3-9(4-2)10-7-5-6-8(10)11/h3-7H2,1-2H3. The first-order valence-corrected chi connectivity index (χ1v) is 4.34. The summed E-state index contributed by atoms with van der Waals surface area (Å²) in [6, 6.07) is 0. The van der Waals surface area contributed by atoms with E-state index in [-0.39, 0.29) is 5.91 Å². The zero-order chi connectivity index (χ0) is 8.27. The van der Waals surface area contributed by atoms with Gasteiger partial charge in [0.1, 0.15) is 0 Å². The van der Waals surface area contributed by atoms with E-state index in [1.807, 2.05) is 5.01 Å². The van der Waals surface area contributed by atoms with Crippen LogP contribution in [0.3, 0.4) is 0 Å². The van der Waals surface area contributed by atoms with Crippen LogP contribution in [-0.2, 0) is 4.79 Å². The molecule has 0 spiro atoms. The molecule has 64 valence electrons. The molecule has 0 atom stereocenters. The third-order valence-electron chi connectivity index (χ3n) is 2.12. The molecule has 1 amide bonds. The van der Waals surface area contributed by atoms with E-state index in [0.717, 1.165) is 32.5 Å². The lowest BCUT2D eigenvalue weighted by Gasteiger charge is -2.29. The predicted molar refractivity (Wildman–Crippen MR) is 43.9 cm³/mol. The van der Waals surface area contributed by atoms with E-state index in [1.165, 1.54) is 0 Å². The molecule has 0 radical (unpaired) electrons. The third kappa shape index (κ3) is 1.71. The molecule has 0 aromatic carbocycles. The van der Waals surface area contributed by atoms with Crippen LogP contribution in [0.4, 0.5) is 0 Å². The van der Waals surface area contributed by atoms with E-state index < -0.39 is 0 Å².